The Morgan fingerprint density at radius 2 is 2.09 bits per heavy atom. The Morgan fingerprint density at radius 3 is 2.64 bits per heavy atom. The van der Waals surface area contributed by atoms with Gasteiger partial charge in [-0.05, 0) is 37.8 Å². The summed E-state index contributed by atoms with van der Waals surface area (Å²) < 4.78 is 3.67. The summed E-state index contributed by atoms with van der Waals surface area (Å²) in [6.45, 7) is 4.15. The Kier molecular flexibility index (Phi) is 2.71. The van der Waals surface area contributed by atoms with Gasteiger partial charge < -0.3 is 0 Å². The third-order valence-corrected chi connectivity index (χ3v) is 1.74. The zero-order valence-corrected chi connectivity index (χ0v) is 7.60. The van der Waals surface area contributed by atoms with Crippen molar-refractivity contribution in [3.05, 3.63) is 34.9 Å². The average molecular weight is 165 g/mol. The minimum Gasteiger partial charge on any atom is -0.227 e. The van der Waals surface area contributed by atoms with Crippen LogP contribution in [-0.4, -0.2) is 6.21 Å². The summed E-state index contributed by atoms with van der Waals surface area (Å²) in [6, 6.07) is 6.24. The molecule has 1 aromatic rings. The standard InChI is InChI=1S/C9H11NS/c1-7-3-4-9(6-10-11)8(2)5-7/h3-6,11H,1-2H3. The van der Waals surface area contributed by atoms with Gasteiger partial charge >= 0.3 is 0 Å². The molecule has 0 aromatic heterocycles. The third kappa shape index (κ3) is 2.09. The summed E-state index contributed by atoms with van der Waals surface area (Å²) in [5, 5.41) is 0. The van der Waals surface area contributed by atoms with Gasteiger partial charge in [0.15, 0.2) is 0 Å². The minimum atomic E-state index is 1.13. The van der Waals surface area contributed by atoms with Gasteiger partial charge in [0, 0.05) is 6.21 Å². The molecule has 0 unspecified atom stereocenters. The number of thiol groups is 1. The Bertz CT molecular complexity index is 279. The normalized spacial score (nSPS) is 10.8. The molecule has 0 aliphatic heterocycles. The van der Waals surface area contributed by atoms with E-state index in [0.717, 1.165) is 5.56 Å². The van der Waals surface area contributed by atoms with E-state index in [1.165, 1.54) is 11.1 Å². The van der Waals surface area contributed by atoms with E-state index >= 15 is 0 Å². The molecule has 1 aromatic carbocycles. The first-order valence-corrected chi connectivity index (χ1v) is 3.88. The second kappa shape index (κ2) is 3.58. The smallest absolute Gasteiger partial charge is 0.0423 e. The zero-order valence-electron chi connectivity index (χ0n) is 6.70. The van der Waals surface area contributed by atoms with Crippen LogP contribution in [0, 0.1) is 13.8 Å². The molecule has 0 aliphatic carbocycles. The van der Waals surface area contributed by atoms with Crippen LogP contribution < -0.4 is 0 Å². The first kappa shape index (κ1) is 8.34. The van der Waals surface area contributed by atoms with Gasteiger partial charge in [0.1, 0.15) is 0 Å². The predicted molar refractivity (Wildman–Crippen MR) is 52.5 cm³/mol. The van der Waals surface area contributed by atoms with E-state index in [0.29, 0.717) is 0 Å². The van der Waals surface area contributed by atoms with E-state index in [4.69, 9.17) is 0 Å². The summed E-state index contributed by atoms with van der Waals surface area (Å²) in [6.07, 6.45) is 1.75. The SMILES string of the molecule is Cc1ccc(C=NS)c(C)c1. The fourth-order valence-corrected chi connectivity index (χ4v) is 1.16. The van der Waals surface area contributed by atoms with Gasteiger partial charge in [0.05, 0.1) is 0 Å². The number of hydrogen-bond acceptors (Lipinski definition) is 2. The molecule has 0 saturated heterocycles. The van der Waals surface area contributed by atoms with Crippen molar-refractivity contribution in [3.63, 3.8) is 0 Å². The molecule has 11 heavy (non-hydrogen) atoms. The molecular weight excluding hydrogens is 154 g/mol. The van der Waals surface area contributed by atoms with Crippen LogP contribution in [0.15, 0.2) is 22.6 Å². The van der Waals surface area contributed by atoms with E-state index in [2.05, 4.69) is 43.2 Å². The van der Waals surface area contributed by atoms with Crippen LogP contribution in [0.4, 0.5) is 0 Å². The summed E-state index contributed by atoms with van der Waals surface area (Å²) in [4.78, 5) is 0. The monoisotopic (exact) mass is 165 g/mol. The third-order valence-electron chi connectivity index (χ3n) is 1.62. The predicted octanol–water partition coefficient (Wildman–Crippen LogP) is 2.57. The van der Waals surface area contributed by atoms with Crippen molar-refractivity contribution < 1.29 is 0 Å². The van der Waals surface area contributed by atoms with Gasteiger partial charge in [-0.1, -0.05) is 23.8 Å². The highest BCUT2D eigenvalue weighted by Crippen LogP contribution is 2.07. The molecular formula is C9H11NS. The Morgan fingerprint density at radius 1 is 1.36 bits per heavy atom. The average Bonchev–Trinajstić information content (AvgIpc) is 1.95. The van der Waals surface area contributed by atoms with Crippen LogP contribution in [0.2, 0.25) is 0 Å². The van der Waals surface area contributed by atoms with E-state index in [1.807, 2.05) is 6.07 Å². The van der Waals surface area contributed by atoms with Crippen molar-refractivity contribution in [3.8, 4) is 0 Å². The molecule has 0 amide bonds. The van der Waals surface area contributed by atoms with Gasteiger partial charge in [0.2, 0.25) is 0 Å². The van der Waals surface area contributed by atoms with Crippen LogP contribution in [0.5, 0.6) is 0 Å². The van der Waals surface area contributed by atoms with E-state index in [9.17, 15) is 0 Å². The molecule has 1 nitrogen and oxygen atoms in total. The molecule has 0 atom stereocenters. The van der Waals surface area contributed by atoms with Gasteiger partial charge in [-0.3, -0.25) is 0 Å². The van der Waals surface area contributed by atoms with Gasteiger partial charge in [-0.2, -0.15) is 0 Å². The maximum atomic E-state index is 3.77. The topological polar surface area (TPSA) is 12.4 Å². The molecule has 2 heteroatoms. The molecule has 0 saturated carbocycles. The van der Waals surface area contributed by atoms with Gasteiger partial charge in [-0.25, -0.2) is 4.40 Å². The lowest BCUT2D eigenvalue weighted by atomic mass is 10.1. The van der Waals surface area contributed by atoms with Crippen LogP contribution in [0.1, 0.15) is 16.7 Å². The fourth-order valence-electron chi connectivity index (χ4n) is 1.03. The maximum Gasteiger partial charge on any atom is 0.0423 e. The summed E-state index contributed by atoms with van der Waals surface area (Å²) in [5.41, 5.74) is 3.65. The van der Waals surface area contributed by atoms with Crippen LogP contribution >= 0.6 is 12.8 Å². The van der Waals surface area contributed by atoms with Crippen molar-refractivity contribution in [2.24, 2.45) is 4.40 Å². The lowest BCUT2D eigenvalue weighted by molar-refractivity contribution is 1.37. The summed E-state index contributed by atoms with van der Waals surface area (Å²) >= 11 is 3.77. The molecule has 1 rings (SSSR count). The minimum absolute atomic E-state index is 1.13. The fraction of sp³-hybridized carbons (Fsp3) is 0.222. The first-order chi connectivity index (χ1) is 5.24. The largest absolute Gasteiger partial charge is 0.227 e. The molecule has 0 fully saturated rings. The van der Waals surface area contributed by atoms with Crippen LogP contribution in [-0.2, 0) is 0 Å². The number of rotatable bonds is 1. The highest BCUT2D eigenvalue weighted by Gasteiger charge is 1.93. The van der Waals surface area contributed by atoms with Crippen molar-refractivity contribution in [1.82, 2.24) is 0 Å². The van der Waals surface area contributed by atoms with E-state index in [1.54, 1.807) is 6.21 Å². The molecule has 0 spiro atoms. The molecule has 58 valence electrons. The zero-order chi connectivity index (χ0) is 8.27. The lowest BCUT2D eigenvalue weighted by Crippen LogP contribution is -1.86. The van der Waals surface area contributed by atoms with Crippen molar-refractivity contribution in [1.29, 1.82) is 0 Å². The summed E-state index contributed by atoms with van der Waals surface area (Å²) in [7, 11) is 0. The van der Waals surface area contributed by atoms with Crippen LogP contribution in [0.25, 0.3) is 0 Å². The number of hydrogen-bond donors (Lipinski definition) is 1. The van der Waals surface area contributed by atoms with Crippen molar-refractivity contribution in [2.45, 2.75) is 13.8 Å². The molecule has 0 heterocycles. The van der Waals surface area contributed by atoms with Gasteiger partial charge in [0.25, 0.3) is 0 Å². The maximum absolute atomic E-state index is 3.77. The summed E-state index contributed by atoms with van der Waals surface area (Å²) in [5.74, 6) is 0. The Balaban J connectivity index is 3.09. The lowest BCUT2D eigenvalue weighted by Gasteiger charge is -1.99. The quantitative estimate of drug-likeness (QED) is 0.485. The van der Waals surface area contributed by atoms with Crippen LogP contribution in [0.3, 0.4) is 0 Å². The second-order valence-corrected chi connectivity index (χ2v) is 2.84. The second-order valence-electron chi connectivity index (χ2n) is 2.60. The number of aryl methyl sites for hydroxylation is 2. The highest BCUT2D eigenvalue weighted by atomic mass is 32.1. The molecule has 0 bridgehead atoms. The van der Waals surface area contributed by atoms with Crippen molar-refractivity contribution in [2.75, 3.05) is 0 Å². The number of benzene rings is 1. The molecule has 0 aliphatic rings. The molecule has 0 radical (unpaired) electrons. The highest BCUT2D eigenvalue weighted by molar-refractivity contribution is 7.79. The molecule has 0 N–H and O–H groups in total. The Labute approximate surface area is 72.7 Å². The van der Waals surface area contributed by atoms with E-state index < -0.39 is 0 Å². The first-order valence-electron chi connectivity index (χ1n) is 3.48. The van der Waals surface area contributed by atoms with Crippen molar-refractivity contribution >= 4 is 19.0 Å². The van der Waals surface area contributed by atoms with E-state index in [-0.39, 0.29) is 0 Å². The van der Waals surface area contributed by atoms with Gasteiger partial charge in [-0.15, -0.1) is 0 Å². The Hall–Kier alpha value is -0.760. The number of nitrogens with zero attached hydrogens (tertiary/aromatic N) is 1.